The van der Waals surface area contributed by atoms with Crippen molar-refractivity contribution >= 4 is 8.78 Å². The molecule has 4 aromatic carbocycles. The van der Waals surface area contributed by atoms with Crippen LogP contribution in [0.1, 0.15) is 101 Å². The van der Waals surface area contributed by atoms with Crippen LogP contribution in [0.5, 0.6) is 0 Å². The summed E-state index contributed by atoms with van der Waals surface area (Å²) < 4.78 is 2.11. The maximum absolute atomic E-state index is 2.60. The molecule has 3 heteroatoms. The minimum Gasteiger partial charge on any atom is -1.00 e. The van der Waals surface area contributed by atoms with E-state index in [1.807, 2.05) is 0 Å². The van der Waals surface area contributed by atoms with Crippen LogP contribution in [0, 0.1) is 0 Å². The van der Waals surface area contributed by atoms with Crippen molar-refractivity contribution in [2.75, 3.05) is 0 Å². The Kier molecular flexibility index (Phi) is 12.4. The SMILES string of the molecule is CCCc1c(CC)c(C2=CC=CC2)c2c(c1CCC)-c1ccc(CC)cc1[CH]2[Zr+2]=[C](c1ccccc1)c1ccccc1.[Cl-].[Cl-]. The predicted molar refractivity (Wildman–Crippen MR) is 178 cm³/mol. The summed E-state index contributed by atoms with van der Waals surface area (Å²) in [5.41, 5.74) is 18.8. The standard InChI is InChI=1S/C28H33.C13H10.2ClH.Zr/c1-5-11-24-22(8-4)27(20-13-9-10-14-20)26-18-21-17-19(7-3)15-16-23(21)28(26)25(24)12-6-2;1-3-7-12(8-4-1)11-13-9-5-2-6-10-13;;;/h9-10,13,15-18H,5-8,11-12,14H2,1-4H3;1-10H;2*1H;/q;;;;+2/p-2. The monoisotopic (exact) mass is 695 g/mol. The molecular formula is C41H43Cl2Zr. The first kappa shape index (κ1) is 34.6. The average molecular weight is 698 g/mol. The van der Waals surface area contributed by atoms with Crippen molar-refractivity contribution in [3.8, 4) is 11.1 Å². The van der Waals surface area contributed by atoms with Crippen LogP contribution in [0.25, 0.3) is 16.7 Å². The van der Waals surface area contributed by atoms with Gasteiger partial charge in [0.25, 0.3) is 0 Å². The molecule has 6 rings (SSSR count). The third kappa shape index (κ3) is 6.49. The van der Waals surface area contributed by atoms with E-state index in [0.717, 1.165) is 19.3 Å². The van der Waals surface area contributed by atoms with Gasteiger partial charge in [-0.3, -0.25) is 0 Å². The van der Waals surface area contributed by atoms with E-state index < -0.39 is 22.8 Å². The zero-order chi connectivity index (χ0) is 29.1. The molecule has 2 aliphatic carbocycles. The molecule has 0 N–H and O–H groups in total. The van der Waals surface area contributed by atoms with E-state index in [9.17, 15) is 0 Å². The molecule has 1 atom stereocenters. The van der Waals surface area contributed by atoms with Crippen molar-refractivity contribution in [2.24, 2.45) is 0 Å². The summed E-state index contributed by atoms with van der Waals surface area (Å²) in [6.07, 6.45) is 15.0. The van der Waals surface area contributed by atoms with E-state index >= 15 is 0 Å². The number of allylic oxidation sites excluding steroid dienone is 4. The summed E-state index contributed by atoms with van der Waals surface area (Å²) in [6.45, 7) is 9.44. The Labute approximate surface area is 289 Å². The maximum Gasteiger partial charge on any atom is -1.00 e. The third-order valence-electron chi connectivity index (χ3n) is 9.12. The number of halogens is 2. The smallest absolute Gasteiger partial charge is 1.00 e. The van der Waals surface area contributed by atoms with Gasteiger partial charge in [-0.2, -0.15) is 0 Å². The minimum atomic E-state index is -1.19. The summed E-state index contributed by atoms with van der Waals surface area (Å²) in [5.74, 6) is 0. The molecule has 0 radical (unpaired) electrons. The van der Waals surface area contributed by atoms with Gasteiger partial charge in [0.1, 0.15) is 0 Å². The minimum absolute atomic E-state index is 0. The molecule has 0 aromatic heterocycles. The Morgan fingerprint density at radius 3 is 1.89 bits per heavy atom. The number of hydrogen-bond acceptors (Lipinski definition) is 0. The van der Waals surface area contributed by atoms with Crippen molar-refractivity contribution in [3.63, 3.8) is 0 Å². The zero-order valence-electron chi connectivity index (χ0n) is 26.5. The molecule has 0 bridgehead atoms. The van der Waals surface area contributed by atoms with Crippen LogP contribution < -0.4 is 24.8 Å². The van der Waals surface area contributed by atoms with Crippen LogP contribution in [0.15, 0.2) is 97.1 Å². The summed E-state index contributed by atoms with van der Waals surface area (Å²) in [6, 6.07) is 30.1. The Hall–Kier alpha value is -2.31. The van der Waals surface area contributed by atoms with E-state index in [1.165, 1.54) is 53.5 Å². The molecule has 4 aromatic rings. The average Bonchev–Trinajstić information content (AvgIpc) is 3.68. The molecule has 0 nitrogen and oxygen atoms in total. The van der Waals surface area contributed by atoms with E-state index in [1.54, 1.807) is 42.2 Å². The van der Waals surface area contributed by atoms with Crippen LogP contribution in [-0.4, -0.2) is 3.21 Å². The largest absolute Gasteiger partial charge is 1.00 e. The molecule has 0 amide bonds. The Balaban J connectivity index is 0.00000221. The molecule has 0 aliphatic heterocycles. The third-order valence-corrected chi connectivity index (χ3v) is 13.4. The number of benzene rings is 4. The van der Waals surface area contributed by atoms with Gasteiger partial charge in [-0.15, -0.1) is 0 Å². The second-order valence-corrected chi connectivity index (χ2v) is 15.1. The molecular weight excluding hydrogens is 655 g/mol. The van der Waals surface area contributed by atoms with Crippen LogP contribution in [0.4, 0.5) is 0 Å². The molecule has 44 heavy (non-hydrogen) atoms. The summed E-state index contributed by atoms with van der Waals surface area (Å²) in [5, 5.41) is 0. The normalized spacial score (nSPS) is 14.2. The number of aryl methyl sites for hydroxylation is 1. The van der Waals surface area contributed by atoms with Gasteiger partial charge in [0, 0.05) is 0 Å². The quantitative estimate of drug-likeness (QED) is 0.229. The van der Waals surface area contributed by atoms with Crippen molar-refractivity contribution < 1.29 is 47.6 Å². The Bertz CT molecular complexity index is 1640. The molecule has 0 spiro atoms. The number of fused-ring (bicyclic) bond motifs is 3. The van der Waals surface area contributed by atoms with Gasteiger partial charge >= 0.3 is 266 Å². The topological polar surface area (TPSA) is 0 Å². The summed E-state index contributed by atoms with van der Waals surface area (Å²) >= 11 is -1.19. The fraction of sp³-hybridized carbons (Fsp3) is 0.293. The van der Waals surface area contributed by atoms with Gasteiger partial charge in [0.2, 0.25) is 0 Å². The summed E-state index contributed by atoms with van der Waals surface area (Å²) in [4.78, 5) is 0. The summed E-state index contributed by atoms with van der Waals surface area (Å²) in [7, 11) is 0. The Morgan fingerprint density at radius 2 is 1.34 bits per heavy atom. The van der Waals surface area contributed by atoms with Gasteiger partial charge in [-0.1, -0.05) is 0 Å². The van der Waals surface area contributed by atoms with E-state index in [4.69, 9.17) is 0 Å². The fourth-order valence-corrected chi connectivity index (χ4v) is 11.7. The molecule has 0 saturated heterocycles. The van der Waals surface area contributed by atoms with Crippen molar-refractivity contribution in [1.29, 1.82) is 0 Å². The Morgan fingerprint density at radius 1 is 0.705 bits per heavy atom. The number of rotatable bonds is 10. The molecule has 225 valence electrons. The molecule has 1 unspecified atom stereocenters. The van der Waals surface area contributed by atoms with Crippen LogP contribution in [0.3, 0.4) is 0 Å². The van der Waals surface area contributed by atoms with Gasteiger partial charge in [-0.05, 0) is 0 Å². The van der Waals surface area contributed by atoms with Crippen LogP contribution in [-0.2, 0) is 48.4 Å². The fourth-order valence-electron chi connectivity index (χ4n) is 7.29. The van der Waals surface area contributed by atoms with Gasteiger partial charge in [0.15, 0.2) is 0 Å². The second-order valence-electron chi connectivity index (χ2n) is 11.7. The van der Waals surface area contributed by atoms with Gasteiger partial charge in [-0.25, -0.2) is 0 Å². The first-order valence-electron chi connectivity index (χ1n) is 16.1. The molecule has 0 fully saturated rings. The van der Waals surface area contributed by atoms with Crippen molar-refractivity contribution in [3.05, 3.63) is 147 Å². The zero-order valence-corrected chi connectivity index (χ0v) is 30.5. The van der Waals surface area contributed by atoms with Gasteiger partial charge in [0.05, 0.1) is 0 Å². The van der Waals surface area contributed by atoms with Crippen LogP contribution >= 0.6 is 0 Å². The molecule has 2 aliphatic rings. The molecule has 0 saturated carbocycles. The van der Waals surface area contributed by atoms with Crippen molar-refractivity contribution in [2.45, 2.75) is 76.3 Å². The van der Waals surface area contributed by atoms with E-state index in [-0.39, 0.29) is 24.8 Å². The second kappa shape index (κ2) is 15.8. The van der Waals surface area contributed by atoms with E-state index in [2.05, 4.69) is 125 Å². The maximum atomic E-state index is 2.60. The van der Waals surface area contributed by atoms with Crippen molar-refractivity contribution in [1.82, 2.24) is 0 Å². The molecule has 0 heterocycles. The van der Waals surface area contributed by atoms with E-state index in [0.29, 0.717) is 3.63 Å². The number of hydrogen-bond donors (Lipinski definition) is 0. The first-order valence-corrected chi connectivity index (χ1v) is 18.8. The van der Waals surface area contributed by atoms with Gasteiger partial charge < -0.3 is 24.8 Å². The first-order chi connectivity index (χ1) is 20.7. The predicted octanol–water partition coefficient (Wildman–Crippen LogP) is 4.49. The van der Waals surface area contributed by atoms with Crippen LogP contribution in [0.2, 0.25) is 0 Å².